The Morgan fingerprint density at radius 2 is 1.76 bits per heavy atom. The lowest BCUT2D eigenvalue weighted by atomic mass is 10.2. The molecule has 3 rings (SSSR count). The second-order valence-electron chi connectivity index (χ2n) is 5.32. The fourth-order valence-electron chi connectivity index (χ4n) is 2.24. The Morgan fingerprint density at radius 1 is 0.960 bits per heavy atom. The maximum atomic E-state index is 13.1. The van der Waals surface area contributed by atoms with E-state index < -0.39 is 29.9 Å². The molecule has 130 valence electrons. The highest BCUT2D eigenvalue weighted by atomic mass is 19.2. The topological polar surface area (TPSA) is 76.7 Å². The lowest BCUT2D eigenvalue weighted by molar-refractivity contribution is -0.126. The maximum absolute atomic E-state index is 13.1. The lowest BCUT2D eigenvalue weighted by Gasteiger charge is -2.07. The second kappa shape index (κ2) is 7.16. The van der Waals surface area contributed by atoms with Gasteiger partial charge in [-0.15, -0.1) is 0 Å². The van der Waals surface area contributed by atoms with E-state index >= 15 is 0 Å². The van der Waals surface area contributed by atoms with Crippen LogP contribution in [0.1, 0.15) is 12.0 Å². The van der Waals surface area contributed by atoms with E-state index in [4.69, 9.17) is 9.47 Å². The van der Waals surface area contributed by atoms with Crippen LogP contribution in [0.5, 0.6) is 11.5 Å². The van der Waals surface area contributed by atoms with Crippen molar-refractivity contribution in [2.75, 3.05) is 12.1 Å². The zero-order valence-electron chi connectivity index (χ0n) is 13.0. The Hall–Kier alpha value is -3.16. The number of amides is 2. The van der Waals surface area contributed by atoms with Crippen molar-refractivity contribution in [1.29, 1.82) is 0 Å². The number of nitrogens with one attached hydrogen (secondary N) is 2. The fourth-order valence-corrected chi connectivity index (χ4v) is 2.24. The molecule has 0 aromatic heterocycles. The van der Waals surface area contributed by atoms with Crippen LogP contribution < -0.4 is 20.1 Å². The molecular weight excluding hydrogens is 334 g/mol. The largest absolute Gasteiger partial charge is 0.454 e. The van der Waals surface area contributed by atoms with Gasteiger partial charge in [0, 0.05) is 18.3 Å². The predicted octanol–water partition coefficient (Wildman–Crippen LogP) is 2.34. The normalized spacial score (nSPS) is 11.9. The zero-order chi connectivity index (χ0) is 17.8. The minimum absolute atomic E-state index is 0.0764. The zero-order valence-corrected chi connectivity index (χ0v) is 13.0. The van der Waals surface area contributed by atoms with E-state index in [0.717, 1.165) is 17.7 Å². The van der Waals surface area contributed by atoms with Gasteiger partial charge in [0.25, 0.3) is 0 Å². The summed E-state index contributed by atoms with van der Waals surface area (Å²) in [7, 11) is 0. The Kier molecular flexibility index (Phi) is 4.78. The molecule has 0 radical (unpaired) electrons. The molecule has 1 aliphatic rings. The van der Waals surface area contributed by atoms with Crippen LogP contribution in [0.25, 0.3) is 0 Å². The van der Waals surface area contributed by atoms with E-state index in [1.165, 1.54) is 6.07 Å². The van der Waals surface area contributed by atoms with Gasteiger partial charge in [0.2, 0.25) is 18.6 Å². The first-order chi connectivity index (χ1) is 12.0. The molecule has 1 aliphatic heterocycles. The summed E-state index contributed by atoms with van der Waals surface area (Å²) < 4.78 is 36.3. The van der Waals surface area contributed by atoms with Crippen LogP contribution in [0.15, 0.2) is 36.4 Å². The number of carbonyl (C=O) groups is 2. The molecule has 0 fully saturated rings. The number of anilines is 1. The highest BCUT2D eigenvalue weighted by Crippen LogP contribution is 2.32. The molecule has 2 N–H and O–H groups in total. The monoisotopic (exact) mass is 348 g/mol. The number of hydrogen-bond donors (Lipinski definition) is 2. The van der Waals surface area contributed by atoms with E-state index in [-0.39, 0.29) is 19.0 Å². The summed E-state index contributed by atoms with van der Waals surface area (Å²) in [6, 6.07) is 8.20. The van der Waals surface area contributed by atoms with Gasteiger partial charge < -0.3 is 20.1 Å². The Bertz CT molecular complexity index is 826. The quantitative estimate of drug-likeness (QED) is 0.813. The smallest absolute Gasteiger partial charge is 0.233 e. The number of hydrogen-bond acceptors (Lipinski definition) is 4. The second-order valence-corrected chi connectivity index (χ2v) is 5.32. The molecule has 0 unspecified atom stereocenters. The van der Waals surface area contributed by atoms with Gasteiger partial charge in [-0.2, -0.15) is 0 Å². The fraction of sp³-hybridized carbons (Fsp3) is 0.176. The molecule has 2 amide bonds. The third kappa shape index (κ3) is 4.23. The van der Waals surface area contributed by atoms with Gasteiger partial charge in [-0.1, -0.05) is 6.07 Å². The number of ether oxygens (including phenoxy) is 2. The van der Waals surface area contributed by atoms with Gasteiger partial charge >= 0.3 is 0 Å². The summed E-state index contributed by atoms with van der Waals surface area (Å²) in [6.07, 6.45) is -0.441. The van der Waals surface area contributed by atoms with Crippen molar-refractivity contribution in [3.63, 3.8) is 0 Å². The molecule has 0 atom stereocenters. The van der Waals surface area contributed by atoms with E-state index in [0.29, 0.717) is 11.5 Å². The average molecular weight is 348 g/mol. The first-order valence-corrected chi connectivity index (χ1v) is 7.41. The molecule has 2 aromatic rings. The van der Waals surface area contributed by atoms with E-state index in [2.05, 4.69) is 10.6 Å². The van der Waals surface area contributed by atoms with Crippen LogP contribution in [-0.2, 0) is 16.1 Å². The number of rotatable bonds is 5. The maximum Gasteiger partial charge on any atom is 0.233 e. The Balaban J connectivity index is 1.48. The van der Waals surface area contributed by atoms with Crippen LogP contribution in [0, 0.1) is 11.6 Å². The van der Waals surface area contributed by atoms with Gasteiger partial charge in [0.15, 0.2) is 23.1 Å². The van der Waals surface area contributed by atoms with Gasteiger partial charge in [-0.3, -0.25) is 9.59 Å². The van der Waals surface area contributed by atoms with Crippen molar-refractivity contribution >= 4 is 17.5 Å². The molecule has 0 aliphatic carbocycles. The minimum Gasteiger partial charge on any atom is -0.454 e. The van der Waals surface area contributed by atoms with Gasteiger partial charge in [-0.25, -0.2) is 8.78 Å². The first-order valence-electron chi connectivity index (χ1n) is 7.41. The molecule has 8 heteroatoms. The van der Waals surface area contributed by atoms with Gasteiger partial charge in [0.1, 0.15) is 6.42 Å². The number of carbonyl (C=O) groups excluding carboxylic acids is 2. The van der Waals surface area contributed by atoms with Crippen LogP contribution in [-0.4, -0.2) is 18.6 Å². The summed E-state index contributed by atoms with van der Waals surface area (Å²) in [5, 5.41) is 4.93. The SMILES string of the molecule is O=C(CC(=O)Nc1ccc(F)c(F)c1)NCc1ccc2c(c1)OCO2. The lowest BCUT2D eigenvalue weighted by Crippen LogP contribution is -2.27. The van der Waals surface area contributed by atoms with E-state index in [9.17, 15) is 18.4 Å². The van der Waals surface area contributed by atoms with E-state index in [1.54, 1.807) is 18.2 Å². The summed E-state index contributed by atoms with van der Waals surface area (Å²) in [5.41, 5.74) is 0.867. The van der Waals surface area contributed by atoms with Gasteiger partial charge in [-0.05, 0) is 29.8 Å². The van der Waals surface area contributed by atoms with Crippen molar-refractivity contribution in [3.05, 3.63) is 53.6 Å². The minimum atomic E-state index is -1.08. The number of benzene rings is 2. The van der Waals surface area contributed by atoms with Crippen molar-refractivity contribution in [2.45, 2.75) is 13.0 Å². The van der Waals surface area contributed by atoms with E-state index in [1.807, 2.05) is 0 Å². The molecule has 1 heterocycles. The van der Waals surface area contributed by atoms with Gasteiger partial charge in [0.05, 0.1) is 0 Å². The van der Waals surface area contributed by atoms with Crippen molar-refractivity contribution in [1.82, 2.24) is 5.32 Å². The number of halogens is 2. The molecule has 0 spiro atoms. The first kappa shape index (κ1) is 16.7. The highest BCUT2D eigenvalue weighted by molar-refractivity contribution is 6.03. The van der Waals surface area contributed by atoms with Crippen LogP contribution in [0.2, 0.25) is 0 Å². The van der Waals surface area contributed by atoms with Crippen LogP contribution in [0.3, 0.4) is 0 Å². The molecule has 0 saturated carbocycles. The Labute approximate surface area is 141 Å². The van der Waals surface area contributed by atoms with Crippen molar-refractivity contribution in [2.24, 2.45) is 0 Å². The number of fused-ring (bicyclic) bond motifs is 1. The molecule has 6 nitrogen and oxygen atoms in total. The molecule has 25 heavy (non-hydrogen) atoms. The summed E-state index contributed by atoms with van der Waals surface area (Å²) in [4.78, 5) is 23.6. The van der Waals surface area contributed by atoms with Crippen molar-refractivity contribution < 1.29 is 27.8 Å². The predicted molar refractivity (Wildman–Crippen MR) is 84.0 cm³/mol. The molecule has 0 bridgehead atoms. The molecular formula is C17H14F2N2O4. The average Bonchev–Trinajstić information content (AvgIpc) is 3.04. The summed E-state index contributed by atoms with van der Waals surface area (Å²) in [6.45, 7) is 0.378. The Morgan fingerprint density at radius 3 is 2.56 bits per heavy atom. The highest BCUT2D eigenvalue weighted by Gasteiger charge is 2.14. The third-order valence-corrected chi connectivity index (χ3v) is 3.45. The third-order valence-electron chi connectivity index (χ3n) is 3.45. The van der Waals surface area contributed by atoms with Crippen LogP contribution in [0.4, 0.5) is 14.5 Å². The summed E-state index contributed by atoms with van der Waals surface area (Å²) >= 11 is 0. The summed E-state index contributed by atoms with van der Waals surface area (Å²) in [5.74, 6) is -1.99. The van der Waals surface area contributed by atoms with Crippen molar-refractivity contribution in [3.8, 4) is 11.5 Å². The van der Waals surface area contributed by atoms with Crippen LogP contribution >= 0.6 is 0 Å². The molecule has 2 aromatic carbocycles. The molecule has 0 saturated heterocycles. The standard InChI is InChI=1S/C17H14F2N2O4/c18-12-3-2-11(6-13(12)19)21-17(23)7-16(22)20-8-10-1-4-14-15(5-10)25-9-24-14/h1-6H,7-9H2,(H,20,22)(H,21,23).